The first kappa shape index (κ1) is 14.1. The molecule has 0 spiro atoms. The molecule has 110 valence electrons. The summed E-state index contributed by atoms with van der Waals surface area (Å²) in [7, 11) is 3.90. The molecule has 1 aliphatic carbocycles. The molecule has 0 bridgehead atoms. The number of hydrogen-bond acceptors (Lipinski definition) is 2. The molecular formula is C18H23N3. The molecule has 0 saturated heterocycles. The van der Waals surface area contributed by atoms with E-state index >= 15 is 0 Å². The minimum atomic E-state index is 0.666. The van der Waals surface area contributed by atoms with Gasteiger partial charge in [-0.15, -0.1) is 0 Å². The van der Waals surface area contributed by atoms with Crippen LogP contribution >= 0.6 is 0 Å². The zero-order chi connectivity index (χ0) is 15.0. The van der Waals surface area contributed by atoms with Gasteiger partial charge in [-0.2, -0.15) is 5.10 Å². The Labute approximate surface area is 126 Å². The molecule has 1 aliphatic rings. The molecule has 0 aliphatic heterocycles. The summed E-state index contributed by atoms with van der Waals surface area (Å²) in [6, 6.07) is 6.59. The number of fused-ring (bicyclic) bond motifs is 1. The third-order valence-electron chi connectivity index (χ3n) is 4.32. The van der Waals surface area contributed by atoms with Crippen LogP contribution in [0.1, 0.15) is 50.3 Å². The Balaban J connectivity index is 2.09. The summed E-state index contributed by atoms with van der Waals surface area (Å²) in [5.74, 6) is 0.666. The average Bonchev–Trinajstić information content (AvgIpc) is 3.29. The van der Waals surface area contributed by atoms with Gasteiger partial charge in [0.15, 0.2) is 0 Å². The molecule has 2 aromatic rings. The molecule has 3 heteroatoms. The van der Waals surface area contributed by atoms with Crippen molar-refractivity contribution in [3.05, 3.63) is 41.1 Å². The quantitative estimate of drug-likeness (QED) is 0.771. The molecule has 3 nitrogen and oxygen atoms in total. The van der Waals surface area contributed by atoms with Gasteiger partial charge >= 0.3 is 0 Å². The van der Waals surface area contributed by atoms with Crippen molar-refractivity contribution >= 4 is 16.6 Å². The molecule has 3 rings (SSSR count). The Bertz CT molecular complexity index is 730. The molecule has 1 heterocycles. The highest BCUT2D eigenvalue weighted by Gasteiger charge is 2.28. The van der Waals surface area contributed by atoms with Gasteiger partial charge in [-0.3, -0.25) is 9.67 Å². The summed E-state index contributed by atoms with van der Waals surface area (Å²) in [4.78, 5) is 4.46. The molecule has 1 saturated carbocycles. The molecule has 0 N–H and O–H groups in total. The molecule has 1 aromatic heterocycles. The molecule has 0 radical (unpaired) electrons. The fourth-order valence-corrected chi connectivity index (χ4v) is 2.72. The number of aliphatic imine (C=N–C) groups is 1. The molecule has 21 heavy (non-hydrogen) atoms. The van der Waals surface area contributed by atoms with Crippen molar-refractivity contribution in [2.45, 2.75) is 39.0 Å². The molecular weight excluding hydrogens is 258 g/mol. The number of benzene rings is 1. The van der Waals surface area contributed by atoms with Crippen LogP contribution in [0.25, 0.3) is 10.9 Å². The highest BCUT2D eigenvalue weighted by molar-refractivity contribution is 6.10. The van der Waals surface area contributed by atoms with Gasteiger partial charge in [0.1, 0.15) is 0 Å². The van der Waals surface area contributed by atoms with Crippen molar-refractivity contribution in [1.82, 2.24) is 9.78 Å². The molecule has 0 atom stereocenters. The van der Waals surface area contributed by atoms with Crippen molar-refractivity contribution in [2.75, 3.05) is 7.05 Å². The average molecular weight is 281 g/mol. The lowest BCUT2D eigenvalue weighted by molar-refractivity contribution is 0.767. The predicted octanol–water partition coefficient (Wildman–Crippen LogP) is 4.23. The van der Waals surface area contributed by atoms with Gasteiger partial charge in [-0.05, 0) is 44.4 Å². The van der Waals surface area contributed by atoms with Crippen LogP contribution < -0.4 is 0 Å². The van der Waals surface area contributed by atoms with E-state index in [1.807, 2.05) is 18.8 Å². The molecule has 1 fully saturated rings. The van der Waals surface area contributed by atoms with Crippen molar-refractivity contribution in [2.24, 2.45) is 12.0 Å². The van der Waals surface area contributed by atoms with E-state index in [2.05, 4.69) is 43.1 Å². The van der Waals surface area contributed by atoms with Crippen LogP contribution in [0.3, 0.4) is 0 Å². The number of hydrogen-bond donors (Lipinski definition) is 0. The van der Waals surface area contributed by atoms with Crippen molar-refractivity contribution in [1.29, 1.82) is 0 Å². The van der Waals surface area contributed by atoms with E-state index in [1.165, 1.54) is 40.6 Å². The van der Waals surface area contributed by atoms with Crippen LogP contribution in [0.2, 0.25) is 0 Å². The monoisotopic (exact) mass is 281 g/mol. The summed E-state index contributed by atoms with van der Waals surface area (Å²) in [6.45, 7) is 4.33. The number of nitrogens with zero attached hydrogens (tertiary/aromatic N) is 3. The van der Waals surface area contributed by atoms with Gasteiger partial charge < -0.3 is 0 Å². The Morgan fingerprint density at radius 1 is 1.43 bits per heavy atom. The Morgan fingerprint density at radius 3 is 2.81 bits per heavy atom. The van der Waals surface area contributed by atoms with E-state index in [4.69, 9.17) is 5.10 Å². The molecule has 0 unspecified atom stereocenters. The first-order valence-electron chi connectivity index (χ1n) is 7.75. The van der Waals surface area contributed by atoms with E-state index in [0.717, 1.165) is 12.1 Å². The second-order valence-corrected chi connectivity index (χ2v) is 5.97. The largest absolute Gasteiger partial charge is 0.288 e. The number of allylic oxidation sites excluding steroid dienone is 2. The number of aromatic nitrogens is 2. The SMILES string of the molecule is CC/C(C)=C\C(=NC)c1ccc2c(c1)c(C1CC1)nn2C. The second-order valence-electron chi connectivity index (χ2n) is 5.97. The van der Waals surface area contributed by atoms with Crippen molar-refractivity contribution in [3.8, 4) is 0 Å². The Morgan fingerprint density at radius 2 is 2.19 bits per heavy atom. The summed E-state index contributed by atoms with van der Waals surface area (Å²) in [5, 5.41) is 6.01. The van der Waals surface area contributed by atoms with Crippen molar-refractivity contribution in [3.63, 3.8) is 0 Å². The van der Waals surface area contributed by atoms with Crippen molar-refractivity contribution < 1.29 is 0 Å². The second kappa shape index (κ2) is 5.47. The van der Waals surface area contributed by atoms with Crippen LogP contribution in [0, 0.1) is 0 Å². The van der Waals surface area contributed by atoms with Crippen LogP contribution in [-0.2, 0) is 7.05 Å². The first-order chi connectivity index (χ1) is 10.1. The minimum absolute atomic E-state index is 0.666. The smallest absolute Gasteiger partial charge is 0.0734 e. The lowest BCUT2D eigenvalue weighted by atomic mass is 10.0. The predicted molar refractivity (Wildman–Crippen MR) is 89.2 cm³/mol. The fraction of sp³-hybridized carbons (Fsp3) is 0.444. The van der Waals surface area contributed by atoms with Gasteiger partial charge in [-0.1, -0.05) is 18.6 Å². The number of rotatable bonds is 4. The third kappa shape index (κ3) is 2.65. The lowest BCUT2D eigenvalue weighted by Crippen LogP contribution is -1.98. The third-order valence-corrected chi connectivity index (χ3v) is 4.32. The van der Waals surface area contributed by atoms with E-state index < -0.39 is 0 Å². The number of aryl methyl sites for hydroxylation is 1. The first-order valence-corrected chi connectivity index (χ1v) is 7.75. The minimum Gasteiger partial charge on any atom is -0.288 e. The lowest BCUT2D eigenvalue weighted by Gasteiger charge is -2.04. The maximum absolute atomic E-state index is 4.72. The van der Waals surface area contributed by atoms with E-state index in [1.54, 1.807) is 0 Å². The van der Waals surface area contributed by atoms with Gasteiger partial charge in [0.25, 0.3) is 0 Å². The maximum Gasteiger partial charge on any atom is 0.0734 e. The van der Waals surface area contributed by atoms with Crippen LogP contribution in [0.15, 0.2) is 34.8 Å². The van der Waals surface area contributed by atoms with E-state index in [9.17, 15) is 0 Å². The zero-order valence-electron chi connectivity index (χ0n) is 13.3. The molecule has 1 aromatic carbocycles. The van der Waals surface area contributed by atoms with Crippen LogP contribution in [-0.4, -0.2) is 22.5 Å². The Kier molecular flexibility index (Phi) is 3.66. The Hall–Kier alpha value is -1.90. The summed E-state index contributed by atoms with van der Waals surface area (Å²) >= 11 is 0. The van der Waals surface area contributed by atoms with Gasteiger partial charge in [-0.25, -0.2) is 0 Å². The summed E-state index contributed by atoms with van der Waals surface area (Å²) in [6.07, 6.45) is 5.80. The normalized spacial score (nSPS) is 16.8. The maximum atomic E-state index is 4.72. The van der Waals surface area contributed by atoms with Crippen LogP contribution in [0.4, 0.5) is 0 Å². The van der Waals surface area contributed by atoms with E-state index in [0.29, 0.717) is 5.92 Å². The van der Waals surface area contributed by atoms with Gasteiger partial charge in [0.05, 0.1) is 16.9 Å². The van der Waals surface area contributed by atoms with Crippen LogP contribution in [0.5, 0.6) is 0 Å². The van der Waals surface area contributed by atoms with Gasteiger partial charge in [0.2, 0.25) is 0 Å². The standard InChI is InChI=1S/C18H23N3/c1-5-12(2)10-16(19-3)14-8-9-17-15(11-14)18(13-6-7-13)20-21(17)4/h8-11,13H,5-7H2,1-4H3/b12-10-,19-16?. The summed E-state index contributed by atoms with van der Waals surface area (Å²) < 4.78 is 2.00. The summed E-state index contributed by atoms with van der Waals surface area (Å²) in [5.41, 5.74) is 6.08. The molecule has 0 amide bonds. The van der Waals surface area contributed by atoms with Gasteiger partial charge in [0, 0.05) is 31.0 Å². The van der Waals surface area contributed by atoms with E-state index in [-0.39, 0.29) is 0 Å². The highest BCUT2D eigenvalue weighted by atomic mass is 15.3. The fourth-order valence-electron chi connectivity index (χ4n) is 2.72. The zero-order valence-corrected chi connectivity index (χ0v) is 13.3. The topological polar surface area (TPSA) is 30.2 Å². The highest BCUT2D eigenvalue weighted by Crippen LogP contribution is 2.42.